The second-order valence-electron chi connectivity index (χ2n) is 10.4. The van der Waals surface area contributed by atoms with E-state index in [-0.39, 0.29) is 29.6 Å². The largest absolute Gasteiger partial charge is 0.417 e. The summed E-state index contributed by atoms with van der Waals surface area (Å²) in [6, 6.07) is 10.9. The van der Waals surface area contributed by atoms with Gasteiger partial charge in [0.1, 0.15) is 12.1 Å². The third-order valence-corrected chi connectivity index (χ3v) is 6.32. The van der Waals surface area contributed by atoms with Crippen LogP contribution in [0.5, 0.6) is 0 Å². The molecule has 9 heteroatoms. The number of aromatic nitrogens is 2. The highest BCUT2D eigenvalue weighted by molar-refractivity contribution is 5.94. The number of amides is 1. The summed E-state index contributed by atoms with van der Waals surface area (Å²) in [5, 5.41) is 10.3. The van der Waals surface area contributed by atoms with Crippen LogP contribution < -0.4 is 16.0 Å². The summed E-state index contributed by atoms with van der Waals surface area (Å²) in [5.41, 5.74) is 0.419. The molecule has 0 radical (unpaired) electrons. The zero-order valence-electron chi connectivity index (χ0n) is 20.7. The van der Waals surface area contributed by atoms with Crippen molar-refractivity contribution in [3.05, 3.63) is 54.4 Å². The fraction of sp³-hybridized carbons (Fsp3) is 0.444. The molecule has 0 saturated heterocycles. The van der Waals surface area contributed by atoms with Gasteiger partial charge in [-0.3, -0.25) is 4.79 Å². The van der Waals surface area contributed by atoms with Crippen LogP contribution in [0.3, 0.4) is 0 Å². The van der Waals surface area contributed by atoms with Gasteiger partial charge in [0.25, 0.3) is 0 Å². The summed E-state index contributed by atoms with van der Waals surface area (Å²) < 4.78 is 40.6. The summed E-state index contributed by atoms with van der Waals surface area (Å²) in [6.07, 6.45) is 0.744. The lowest BCUT2D eigenvalue weighted by atomic mass is 9.89. The zero-order chi connectivity index (χ0) is 25.9. The number of benzene rings is 2. The summed E-state index contributed by atoms with van der Waals surface area (Å²) in [4.78, 5) is 21.1. The van der Waals surface area contributed by atoms with Gasteiger partial charge in [0.15, 0.2) is 0 Å². The minimum absolute atomic E-state index is 0.00957. The Kier molecular flexibility index (Phi) is 7.49. The Morgan fingerprint density at radius 3 is 2.36 bits per heavy atom. The molecular formula is C27H32F3N5O. The van der Waals surface area contributed by atoms with Crippen molar-refractivity contribution in [1.82, 2.24) is 20.6 Å². The number of halogens is 3. The molecule has 4 rings (SSSR count). The maximum absolute atomic E-state index is 13.5. The van der Waals surface area contributed by atoms with Gasteiger partial charge >= 0.3 is 6.18 Å². The minimum Gasteiger partial charge on any atom is -0.360 e. The number of fused-ring (bicyclic) bond motifs is 1. The van der Waals surface area contributed by atoms with Crippen LogP contribution in [0.15, 0.2) is 48.8 Å². The van der Waals surface area contributed by atoms with E-state index in [4.69, 9.17) is 0 Å². The summed E-state index contributed by atoms with van der Waals surface area (Å²) in [7, 11) is 0. The highest BCUT2D eigenvalue weighted by Crippen LogP contribution is 2.38. The van der Waals surface area contributed by atoms with E-state index in [2.05, 4.69) is 46.7 Å². The molecule has 0 spiro atoms. The van der Waals surface area contributed by atoms with Crippen molar-refractivity contribution < 1.29 is 18.0 Å². The first-order valence-electron chi connectivity index (χ1n) is 12.2. The lowest BCUT2D eigenvalue weighted by molar-refractivity contribution is -0.137. The number of alkyl halides is 3. The average Bonchev–Trinajstić information content (AvgIpc) is 2.82. The monoisotopic (exact) mass is 499 g/mol. The van der Waals surface area contributed by atoms with Gasteiger partial charge in [-0.15, -0.1) is 0 Å². The van der Waals surface area contributed by atoms with E-state index in [0.29, 0.717) is 28.3 Å². The van der Waals surface area contributed by atoms with Gasteiger partial charge < -0.3 is 16.0 Å². The molecule has 1 amide bonds. The minimum atomic E-state index is -4.47. The standard InChI is InChI=1S/C27H32F3N5O/c1-26(2,3)35-19-11-9-18(10-12-19)34-24(36)15-31-25-21-14-17(8-13-23(21)32-16-33-25)20-6-4-5-7-22(20)27(28,29)30/h4-8,13-14,16,18-19,35H,9-12,15H2,1-3H3,(H,34,36)(H,31,32,33). The fourth-order valence-corrected chi connectivity index (χ4v) is 4.78. The highest BCUT2D eigenvalue weighted by atomic mass is 19.4. The number of hydrogen-bond acceptors (Lipinski definition) is 5. The molecule has 6 nitrogen and oxygen atoms in total. The Labute approximate surface area is 209 Å². The number of rotatable bonds is 6. The molecule has 1 fully saturated rings. The third-order valence-electron chi connectivity index (χ3n) is 6.32. The second kappa shape index (κ2) is 10.4. The van der Waals surface area contributed by atoms with Gasteiger partial charge in [0.05, 0.1) is 17.6 Å². The Morgan fingerprint density at radius 2 is 1.67 bits per heavy atom. The van der Waals surface area contributed by atoms with Crippen molar-refractivity contribution >= 4 is 22.6 Å². The van der Waals surface area contributed by atoms with Gasteiger partial charge in [-0.1, -0.05) is 24.3 Å². The van der Waals surface area contributed by atoms with Crippen LogP contribution in [0.25, 0.3) is 22.0 Å². The first-order chi connectivity index (χ1) is 17.0. The molecule has 1 aromatic heterocycles. The van der Waals surface area contributed by atoms with Crippen molar-refractivity contribution in [2.45, 2.75) is 70.3 Å². The van der Waals surface area contributed by atoms with Crippen LogP contribution in [-0.2, 0) is 11.0 Å². The maximum atomic E-state index is 13.5. The van der Waals surface area contributed by atoms with Crippen molar-refractivity contribution in [3.8, 4) is 11.1 Å². The molecule has 1 aliphatic rings. The van der Waals surface area contributed by atoms with Crippen LogP contribution >= 0.6 is 0 Å². The molecule has 192 valence electrons. The Balaban J connectivity index is 1.43. The van der Waals surface area contributed by atoms with E-state index < -0.39 is 11.7 Å². The van der Waals surface area contributed by atoms with Crippen molar-refractivity contribution in [1.29, 1.82) is 0 Å². The van der Waals surface area contributed by atoms with Gasteiger partial charge in [-0.05, 0) is 75.8 Å². The SMILES string of the molecule is CC(C)(C)NC1CCC(NC(=O)CNc2ncnc3ccc(-c4ccccc4C(F)(F)F)cc23)CC1. The quantitative estimate of drug-likeness (QED) is 0.415. The first kappa shape index (κ1) is 25.9. The Morgan fingerprint density at radius 1 is 0.972 bits per heavy atom. The molecule has 3 aromatic rings. The molecule has 0 aliphatic heterocycles. The number of nitrogens with zero attached hydrogens (tertiary/aromatic N) is 2. The molecule has 36 heavy (non-hydrogen) atoms. The molecule has 1 heterocycles. The summed E-state index contributed by atoms with van der Waals surface area (Å²) in [5.74, 6) is 0.257. The predicted molar refractivity (Wildman–Crippen MR) is 136 cm³/mol. The number of hydrogen-bond donors (Lipinski definition) is 3. The third kappa shape index (κ3) is 6.51. The van der Waals surface area contributed by atoms with E-state index >= 15 is 0 Å². The van der Waals surface area contributed by atoms with E-state index in [1.54, 1.807) is 24.3 Å². The van der Waals surface area contributed by atoms with Gasteiger partial charge in [0, 0.05) is 23.0 Å². The van der Waals surface area contributed by atoms with E-state index in [1.165, 1.54) is 18.5 Å². The van der Waals surface area contributed by atoms with Gasteiger partial charge in [-0.2, -0.15) is 13.2 Å². The van der Waals surface area contributed by atoms with E-state index in [0.717, 1.165) is 31.7 Å². The molecule has 2 aromatic carbocycles. The number of carbonyl (C=O) groups is 1. The topological polar surface area (TPSA) is 78.9 Å². The lowest BCUT2D eigenvalue weighted by Gasteiger charge is -2.34. The van der Waals surface area contributed by atoms with Crippen LogP contribution in [0, 0.1) is 0 Å². The van der Waals surface area contributed by atoms with Crippen molar-refractivity contribution in [2.24, 2.45) is 0 Å². The van der Waals surface area contributed by atoms with Gasteiger partial charge in [-0.25, -0.2) is 9.97 Å². The maximum Gasteiger partial charge on any atom is 0.417 e. The van der Waals surface area contributed by atoms with Gasteiger partial charge in [0.2, 0.25) is 5.91 Å². The smallest absolute Gasteiger partial charge is 0.360 e. The number of carbonyl (C=O) groups excluding carboxylic acids is 1. The molecule has 1 aliphatic carbocycles. The van der Waals surface area contributed by atoms with Crippen molar-refractivity contribution in [3.63, 3.8) is 0 Å². The Bertz CT molecular complexity index is 1210. The normalized spacial score (nSPS) is 18.7. The molecular weight excluding hydrogens is 467 g/mol. The lowest BCUT2D eigenvalue weighted by Crippen LogP contribution is -2.48. The molecule has 0 unspecified atom stereocenters. The predicted octanol–water partition coefficient (Wildman–Crippen LogP) is 5.54. The van der Waals surface area contributed by atoms with Crippen LogP contribution in [0.4, 0.5) is 19.0 Å². The number of anilines is 1. The molecule has 1 saturated carbocycles. The van der Waals surface area contributed by atoms with Crippen LogP contribution in [0.2, 0.25) is 0 Å². The molecule has 0 bridgehead atoms. The van der Waals surface area contributed by atoms with Crippen molar-refractivity contribution in [2.75, 3.05) is 11.9 Å². The second-order valence-corrected chi connectivity index (χ2v) is 10.4. The van der Waals surface area contributed by atoms with Crippen LogP contribution in [-0.4, -0.2) is 40.0 Å². The molecule has 0 atom stereocenters. The van der Waals surface area contributed by atoms with E-state index in [1.807, 2.05) is 0 Å². The summed E-state index contributed by atoms with van der Waals surface area (Å²) >= 11 is 0. The highest BCUT2D eigenvalue weighted by Gasteiger charge is 2.33. The van der Waals surface area contributed by atoms with E-state index in [9.17, 15) is 18.0 Å². The van der Waals surface area contributed by atoms with Crippen LogP contribution in [0.1, 0.15) is 52.0 Å². The zero-order valence-corrected chi connectivity index (χ0v) is 20.7. The number of nitrogens with one attached hydrogen (secondary N) is 3. The fourth-order valence-electron chi connectivity index (χ4n) is 4.78. The first-order valence-corrected chi connectivity index (χ1v) is 12.2. The average molecular weight is 500 g/mol. The Hall–Kier alpha value is -3.20. The summed E-state index contributed by atoms with van der Waals surface area (Å²) in [6.45, 7) is 6.47. The molecule has 3 N–H and O–H groups in total.